The predicted octanol–water partition coefficient (Wildman–Crippen LogP) is 11.4. The Labute approximate surface area is 321 Å². The Morgan fingerprint density at radius 1 is 0.382 bits per heavy atom. The second kappa shape index (κ2) is 13.2. The molecule has 3 heterocycles. The topological polar surface area (TPSA) is 65.6 Å². The molecular formula is C48H33N5OS. The number of aromatic nitrogens is 5. The van der Waals surface area contributed by atoms with Crippen molar-refractivity contribution in [3.8, 4) is 67.5 Å². The largest absolute Gasteiger partial charge is 0.328 e. The van der Waals surface area contributed by atoms with Crippen molar-refractivity contribution in [3.05, 3.63) is 174 Å². The minimum Gasteiger partial charge on any atom is -0.295 e. The van der Waals surface area contributed by atoms with Gasteiger partial charge in [-0.25, -0.2) is 19.7 Å². The molecule has 0 N–H and O–H groups in total. The van der Waals surface area contributed by atoms with E-state index in [1.807, 2.05) is 60.8 Å². The monoisotopic (exact) mass is 727 g/mol. The summed E-state index contributed by atoms with van der Waals surface area (Å²) >= 11 is 1.83. The van der Waals surface area contributed by atoms with E-state index in [-0.39, 0.29) is 5.69 Å². The van der Waals surface area contributed by atoms with Gasteiger partial charge in [0.05, 0.1) is 11.0 Å². The highest BCUT2D eigenvalue weighted by Gasteiger charge is 2.16. The van der Waals surface area contributed by atoms with Gasteiger partial charge in [-0.2, -0.15) is 0 Å². The van der Waals surface area contributed by atoms with Crippen LogP contribution in [0.5, 0.6) is 0 Å². The summed E-state index contributed by atoms with van der Waals surface area (Å²) < 4.78 is 5.92. The molecule has 0 aliphatic heterocycles. The van der Waals surface area contributed by atoms with Gasteiger partial charge in [0.25, 0.3) is 0 Å². The van der Waals surface area contributed by atoms with Gasteiger partial charge in [0.1, 0.15) is 0 Å². The Balaban J connectivity index is 1.11. The number of fused-ring (bicyclic) bond motifs is 4. The number of rotatable bonds is 6. The molecule has 55 heavy (non-hydrogen) atoms. The van der Waals surface area contributed by atoms with E-state index in [4.69, 9.17) is 15.0 Å². The first-order valence-corrected chi connectivity index (χ1v) is 19.0. The number of hydrogen-bond donors (Lipinski definition) is 0. The van der Waals surface area contributed by atoms with Gasteiger partial charge >= 0.3 is 5.69 Å². The fourth-order valence-electron chi connectivity index (χ4n) is 7.47. The minimum absolute atomic E-state index is 0.0408. The molecule has 0 unspecified atom stereocenters. The summed E-state index contributed by atoms with van der Waals surface area (Å²) in [4.78, 5) is 27.9. The molecule has 7 heteroatoms. The maximum Gasteiger partial charge on any atom is 0.328 e. The Hall–Kier alpha value is -6.96. The van der Waals surface area contributed by atoms with Crippen molar-refractivity contribution in [1.82, 2.24) is 24.1 Å². The second-order valence-corrected chi connectivity index (χ2v) is 14.9. The summed E-state index contributed by atoms with van der Waals surface area (Å²) in [6.45, 7) is 0. The molecule has 0 aliphatic rings. The fourth-order valence-corrected chi connectivity index (χ4v) is 8.56. The number of hydrogen-bond acceptors (Lipinski definition) is 5. The van der Waals surface area contributed by atoms with Crippen LogP contribution >= 0.6 is 11.3 Å². The van der Waals surface area contributed by atoms with E-state index < -0.39 is 0 Å². The smallest absolute Gasteiger partial charge is 0.295 e. The SMILES string of the molecule is Cn1c(=O)n(C)c2cc(-c3ccc(-c4nc(-c5ccccc5)nc(-c5cc(-c6ccccc6)cc(-c6ccc7sc8ccccc8c7c6)c5)n4)cc3)ccc21. The van der Waals surface area contributed by atoms with E-state index >= 15 is 0 Å². The molecule has 0 radical (unpaired) electrons. The average molecular weight is 728 g/mol. The zero-order chi connectivity index (χ0) is 37.0. The van der Waals surface area contributed by atoms with E-state index in [9.17, 15) is 4.79 Å². The lowest BCUT2D eigenvalue weighted by Gasteiger charge is -2.13. The molecule has 262 valence electrons. The first-order chi connectivity index (χ1) is 27.0. The molecule has 0 atom stereocenters. The van der Waals surface area contributed by atoms with Gasteiger partial charge in [0.2, 0.25) is 0 Å². The highest BCUT2D eigenvalue weighted by Crippen LogP contribution is 2.39. The van der Waals surface area contributed by atoms with Crippen LogP contribution in [0, 0.1) is 0 Å². The van der Waals surface area contributed by atoms with Crippen molar-refractivity contribution in [1.29, 1.82) is 0 Å². The molecule has 0 amide bonds. The summed E-state index contributed by atoms with van der Waals surface area (Å²) in [5, 5.41) is 2.53. The molecule has 0 fully saturated rings. The van der Waals surface area contributed by atoms with Gasteiger partial charge in [-0.3, -0.25) is 9.13 Å². The predicted molar refractivity (Wildman–Crippen MR) is 227 cm³/mol. The molecule has 0 spiro atoms. The van der Waals surface area contributed by atoms with Gasteiger partial charge in [0.15, 0.2) is 17.5 Å². The van der Waals surface area contributed by atoms with Crippen molar-refractivity contribution in [3.63, 3.8) is 0 Å². The van der Waals surface area contributed by atoms with Gasteiger partial charge in [-0.15, -0.1) is 11.3 Å². The van der Waals surface area contributed by atoms with Crippen LogP contribution in [0.2, 0.25) is 0 Å². The highest BCUT2D eigenvalue weighted by atomic mass is 32.1. The lowest BCUT2D eigenvalue weighted by atomic mass is 9.95. The third-order valence-electron chi connectivity index (χ3n) is 10.4. The van der Waals surface area contributed by atoms with Crippen molar-refractivity contribution >= 4 is 42.5 Å². The molecule has 3 aromatic heterocycles. The summed E-state index contributed by atoms with van der Waals surface area (Å²) in [6, 6.07) is 57.0. The molecule has 0 saturated carbocycles. The lowest BCUT2D eigenvalue weighted by molar-refractivity contribution is 0.795. The maximum absolute atomic E-state index is 12.6. The van der Waals surface area contributed by atoms with Crippen LogP contribution < -0.4 is 5.69 Å². The summed E-state index contributed by atoms with van der Waals surface area (Å²) in [5.41, 5.74) is 11.0. The lowest BCUT2D eigenvalue weighted by Crippen LogP contribution is -2.19. The minimum atomic E-state index is -0.0408. The van der Waals surface area contributed by atoms with Crippen LogP contribution in [-0.2, 0) is 14.1 Å². The normalized spacial score (nSPS) is 11.5. The average Bonchev–Trinajstić information content (AvgIpc) is 3.73. The number of nitrogens with zero attached hydrogens (tertiary/aromatic N) is 5. The number of imidazole rings is 1. The molecule has 0 bridgehead atoms. The van der Waals surface area contributed by atoms with Gasteiger partial charge in [-0.05, 0) is 81.9 Å². The van der Waals surface area contributed by atoms with E-state index in [2.05, 4.69) is 121 Å². The van der Waals surface area contributed by atoms with Crippen LogP contribution in [0.4, 0.5) is 0 Å². The van der Waals surface area contributed by atoms with E-state index in [0.29, 0.717) is 17.5 Å². The third-order valence-corrected chi connectivity index (χ3v) is 11.6. The van der Waals surface area contributed by atoms with E-state index in [0.717, 1.165) is 61.1 Å². The molecular weight excluding hydrogens is 695 g/mol. The standard InChI is InChI=1S/C48H33N5OS/c1-52-41-23-21-35(29-42(41)53(2)48(52)54)31-17-19-33(20-18-31)46-49-45(32-13-7-4-8-14-32)50-47(51-46)38-26-36(30-11-5-3-6-12-30)25-37(27-38)34-22-24-44-40(28-34)39-15-9-10-16-43(39)55-44/h3-29H,1-2H3. The van der Waals surface area contributed by atoms with Crippen molar-refractivity contribution in [2.75, 3.05) is 0 Å². The van der Waals surface area contributed by atoms with Crippen molar-refractivity contribution in [2.45, 2.75) is 0 Å². The summed E-state index contributed by atoms with van der Waals surface area (Å²) in [6.07, 6.45) is 0. The Morgan fingerprint density at radius 2 is 0.855 bits per heavy atom. The summed E-state index contributed by atoms with van der Waals surface area (Å²) in [7, 11) is 3.61. The van der Waals surface area contributed by atoms with Crippen LogP contribution in [0.15, 0.2) is 169 Å². The number of thiophene rings is 1. The second-order valence-electron chi connectivity index (χ2n) is 13.8. The van der Waals surface area contributed by atoms with Gasteiger partial charge in [-0.1, -0.05) is 115 Å². The number of aryl methyl sites for hydroxylation is 2. The third kappa shape index (κ3) is 5.82. The zero-order valence-corrected chi connectivity index (χ0v) is 31.0. The van der Waals surface area contributed by atoms with E-state index in [1.165, 1.54) is 20.2 Å². The van der Waals surface area contributed by atoms with Crippen LogP contribution in [0.1, 0.15) is 0 Å². The number of benzene rings is 7. The summed E-state index contributed by atoms with van der Waals surface area (Å²) in [5.74, 6) is 1.80. The zero-order valence-electron chi connectivity index (χ0n) is 30.1. The van der Waals surface area contributed by atoms with Crippen LogP contribution in [0.25, 0.3) is 98.7 Å². The van der Waals surface area contributed by atoms with Gasteiger partial charge in [0, 0.05) is 51.0 Å². The molecule has 10 rings (SSSR count). The highest BCUT2D eigenvalue weighted by molar-refractivity contribution is 7.25. The first-order valence-electron chi connectivity index (χ1n) is 18.2. The fraction of sp³-hybridized carbons (Fsp3) is 0.0417. The van der Waals surface area contributed by atoms with Crippen LogP contribution in [-0.4, -0.2) is 24.1 Å². The quantitative estimate of drug-likeness (QED) is 0.171. The molecule has 6 nitrogen and oxygen atoms in total. The van der Waals surface area contributed by atoms with Gasteiger partial charge < -0.3 is 0 Å². The van der Waals surface area contributed by atoms with Crippen molar-refractivity contribution in [2.24, 2.45) is 14.1 Å². The van der Waals surface area contributed by atoms with Crippen molar-refractivity contribution < 1.29 is 0 Å². The molecule has 0 saturated heterocycles. The van der Waals surface area contributed by atoms with E-state index in [1.54, 1.807) is 16.2 Å². The maximum atomic E-state index is 12.6. The Bertz CT molecular complexity index is 3130. The molecule has 7 aromatic carbocycles. The van der Waals surface area contributed by atoms with Crippen LogP contribution in [0.3, 0.4) is 0 Å². The Morgan fingerprint density at radius 3 is 1.58 bits per heavy atom. The molecule has 0 aliphatic carbocycles. The Kier molecular flexibility index (Phi) is 7.82. The molecule has 10 aromatic rings. The first kappa shape index (κ1) is 32.7.